The molecule has 3 rings (SSSR count). The Morgan fingerprint density at radius 3 is 2.55 bits per heavy atom. The van der Waals surface area contributed by atoms with Gasteiger partial charge in [-0.25, -0.2) is 0 Å². The minimum Gasteiger partial charge on any atom is -0.375 e. The summed E-state index contributed by atoms with van der Waals surface area (Å²) in [7, 11) is 0. The fourth-order valence-electron chi connectivity index (χ4n) is 2.58. The first-order valence-electron chi connectivity index (χ1n) is 7.02. The van der Waals surface area contributed by atoms with Crippen LogP contribution < -0.4 is 0 Å². The molecule has 0 aliphatic carbocycles. The van der Waals surface area contributed by atoms with Crippen molar-refractivity contribution in [3.05, 3.63) is 60.2 Å². The minimum absolute atomic E-state index is 0.254. The van der Waals surface area contributed by atoms with Crippen molar-refractivity contribution < 1.29 is 4.74 Å². The van der Waals surface area contributed by atoms with E-state index < -0.39 is 0 Å². The van der Waals surface area contributed by atoms with Gasteiger partial charge in [0, 0.05) is 50.8 Å². The summed E-state index contributed by atoms with van der Waals surface area (Å²) >= 11 is 0. The van der Waals surface area contributed by atoms with Crippen LogP contribution in [0.4, 0.5) is 0 Å². The van der Waals surface area contributed by atoms with Crippen molar-refractivity contribution in [2.45, 2.75) is 19.1 Å². The highest BCUT2D eigenvalue weighted by atomic mass is 16.5. The Kier molecular flexibility index (Phi) is 4.35. The molecule has 0 unspecified atom stereocenters. The maximum atomic E-state index is 5.86. The van der Waals surface area contributed by atoms with Gasteiger partial charge in [-0.15, -0.1) is 0 Å². The van der Waals surface area contributed by atoms with Crippen molar-refractivity contribution in [3.8, 4) is 0 Å². The molecule has 1 aliphatic rings. The summed E-state index contributed by atoms with van der Waals surface area (Å²) in [6.07, 6.45) is 8.66. The van der Waals surface area contributed by atoms with Gasteiger partial charge in [0.1, 0.15) is 0 Å². The third-order valence-corrected chi connectivity index (χ3v) is 3.54. The Morgan fingerprint density at radius 2 is 1.85 bits per heavy atom. The summed E-state index contributed by atoms with van der Waals surface area (Å²) in [4.78, 5) is 10.8. The Morgan fingerprint density at radius 1 is 1.10 bits per heavy atom. The summed E-state index contributed by atoms with van der Waals surface area (Å²) in [6, 6.07) is 8.20. The summed E-state index contributed by atoms with van der Waals surface area (Å²) in [6.45, 7) is 3.69. The van der Waals surface area contributed by atoms with Gasteiger partial charge in [0.05, 0.1) is 12.7 Å². The van der Waals surface area contributed by atoms with E-state index in [1.54, 1.807) is 6.20 Å². The molecule has 1 fully saturated rings. The van der Waals surface area contributed by atoms with E-state index in [4.69, 9.17) is 4.74 Å². The Labute approximate surface area is 119 Å². The highest BCUT2D eigenvalue weighted by Gasteiger charge is 2.20. The van der Waals surface area contributed by atoms with E-state index in [1.165, 1.54) is 11.1 Å². The van der Waals surface area contributed by atoms with Crippen molar-refractivity contribution in [1.29, 1.82) is 0 Å². The molecule has 104 valence electrons. The lowest BCUT2D eigenvalue weighted by Crippen LogP contribution is -2.42. The standard InChI is InChI=1S/C16H19N3O/c1-3-14(10-17-5-1)9-16-13-19(7-8-20-16)12-15-4-2-6-18-11-15/h1-6,10-11,16H,7-9,12-13H2/t16-/m0/s1. The topological polar surface area (TPSA) is 38.2 Å². The lowest BCUT2D eigenvalue weighted by Gasteiger charge is -2.33. The molecule has 4 heteroatoms. The molecule has 1 saturated heterocycles. The second-order valence-electron chi connectivity index (χ2n) is 5.15. The molecule has 4 nitrogen and oxygen atoms in total. The van der Waals surface area contributed by atoms with Crippen LogP contribution in [0.15, 0.2) is 49.1 Å². The predicted molar refractivity (Wildman–Crippen MR) is 77.2 cm³/mol. The average molecular weight is 269 g/mol. The fourth-order valence-corrected chi connectivity index (χ4v) is 2.58. The number of aromatic nitrogens is 2. The second-order valence-corrected chi connectivity index (χ2v) is 5.15. The maximum Gasteiger partial charge on any atom is 0.0743 e. The van der Waals surface area contributed by atoms with Crippen molar-refractivity contribution in [2.24, 2.45) is 0 Å². The van der Waals surface area contributed by atoms with Crippen LogP contribution in [0, 0.1) is 0 Å². The van der Waals surface area contributed by atoms with Crippen molar-refractivity contribution in [3.63, 3.8) is 0 Å². The highest BCUT2D eigenvalue weighted by Crippen LogP contribution is 2.13. The summed E-state index contributed by atoms with van der Waals surface area (Å²) < 4.78 is 5.86. The highest BCUT2D eigenvalue weighted by molar-refractivity contribution is 5.11. The van der Waals surface area contributed by atoms with E-state index in [0.29, 0.717) is 0 Å². The van der Waals surface area contributed by atoms with Crippen LogP contribution >= 0.6 is 0 Å². The zero-order valence-corrected chi connectivity index (χ0v) is 11.5. The molecule has 0 amide bonds. The molecule has 2 aromatic heterocycles. The second kappa shape index (κ2) is 6.59. The average Bonchev–Trinajstić information content (AvgIpc) is 2.50. The molecular formula is C16H19N3O. The van der Waals surface area contributed by atoms with Gasteiger partial charge in [-0.1, -0.05) is 12.1 Å². The molecule has 2 aromatic rings. The molecule has 0 N–H and O–H groups in total. The number of hydrogen-bond acceptors (Lipinski definition) is 4. The Balaban J connectivity index is 1.57. The first kappa shape index (κ1) is 13.2. The summed E-state index contributed by atoms with van der Waals surface area (Å²) in [5, 5.41) is 0. The van der Waals surface area contributed by atoms with Gasteiger partial charge in [-0.3, -0.25) is 14.9 Å². The molecular weight excluding hydrogens is 250 g/mol. The van der Waals surface area contributed by atoms with Crippen LogP contribution in [-0.2, 0) is 17.7 Å². The van der Waals surface area contributed by atoms with E-state index in [1.807, 2.05) is 30.7 Å². The lowest BCUT2D eigenvalue weighted by atomic mass is 10.1. The van der Waals surface area contributed by atoms with Gasteiger partial charge in [0.25, 0.3) is 0 Å². The maximum absolute atomic E-state index is 5.86. The van der Waals surface area contributed by atoms with Gasteiger partial charge < -0.3 is 4.74 Å². The number of rotatable bonds is 4. The number of hydrogen-bond donors (Lipinski definition) is 0. The zero-order chi connectivity index (χ0) is 13.6. The van der Waals surface area contributed by atoms with Gasteiger partial charge in [-0.2, -0.15) is 0 Å². The lowest BCUT2D eigenvalue weighted by molar-refractivity contribution is -0.0305. The molecule has 0 spiro atoms. The van der Waals surface area contributed by atoms with Crippen molar-refractivity contribution in [2.75, 3.05) is 19.7 Å². The van der Waals surface area contributed by atoms with E-state index >= 15 is 0 Å². The van der Waals surface area contributed by atoms with E-state index in [2.05, 4.69) is 27.0 Å². The monoisotopic (exact) mass is 269 g/mol. The first-order valence-corrected chi connectivity index (χ1v) is 7.02. The molecule has 0 aromatic carbocycles. The number of morpholine rings is 1. The Bertz CT molecular complexity index is 470. The first-order chi connectivity index (χ1) is 9.90. The molecule has 0 saturated carbocycles. The van der Waals surface area contributed by atoms with Crippen molar-refractivity contribution in [1.82, 2.24) is 14.9 Å². The van der Waals surface area contributed by atoms with Gasteiger partial charge in [0.2, 0.25) is 0 Å². The smallest absolute Gasteiger partial charge is 0.0743 e. The van der Waals surface area contributed by atoms with Crippen LogP contribution in [-0.4, -0.2) is 40.7 Å². The third-order valence-electron chi connectivity index (χ3n) is 3.54. The number of nitrogens with zero attached hydrogens (tertiary/aromatic N) is 3. The Hall–Kier alpha value is -1.78. The summed E-state index contributed by atoms with van der Waals surface area (Å²) in [5.41, 5.74) is 2.50. The van der Waals surface area contributed by atoms with Gasteiger partial charge >= 0.3 is 0 Å². The van der Waals surface area contributed by atoms with Crippen LogP contribution in [0.5, 0.6) is 0 Å². The van der Waals surface area contributed by atoms with Crippen LogP contribution in [0.2, 0.25) is 0 Å². The van der Waals surface area contributed by atoms with Gasteiger partial charge in [0.15, 0.2) is 0 Å². The van der Waals surface area contributed by atoms with E-state index in [-0.39, 0.29) is 6.10 Å². The number of ether oxygens (including phenoxy) is 1. The minimum atomic E-state index is 0.254. The zero-order valence-electron chi connectivity index (χ0n) is 11.5. The SMILES string of the molecule is c1cncc(C[C@H]2CN(Cc3cccnc3)CCO2)c1. The molecule has 1 aliphatic heterocycles. The quantitative estimate of drug-likeness (QED) is 0.850. The van der Waals surface area contributed by atoms with E-state index in [0.717, 1.165) is 32.7 Å². The summed E-state index contributed by atoms with van der Waals surface area (Å²) in [5.74, 6) is 0. The van der Waals surface area contributed by atoms with E-state index in [9.17, 15) is 0 Å². The van der Waals surface area contributed by atoms with Crippen LogP contribution in [0.3, 0.4) is 0 Å². The predicted octanol–water partition coefficient (Wildman–Crippen LogP) is 1.92. The molecule has 20 heavy (non-hydrogen) atoms. The fraction of sp³-hybridized carbons (Fsp3) is 0.375. The van der Waals surface area contributed by atoms with Crippen molar-refractivity contribution >= 4 is 0 Å². The molecule has 3 heterocycles. The molecule has 1 atom stereocenters. The largest absolute Gasteiger partial charge is 0.375 e. The van der Waals surface area contributed by atoms with Crippen LogP contribution in [0.1, 0.15) is 11.1 Å². The van der Waals surface area contributed by atoms with Crippen LogP contribution in [0.25, 0.3) is 0 Å². The third kappa shape index (κ3) is 3.62. The number of pyridine rings is 2. The normalized spacial score (nSPS) is 19.9. The van der Waals surface area contributed by atoms with Gasteiger partial charge in [-0.05, 0) is 23.3 Å². The molecule has 0 bridgehead atoms. The molecule has 0 radical (unpaired) electrons.